The number of fused-ring (bicyclic) bond motifs is 1. The van der Waals surface area contributed by atoms with Gasteiger partial charge < -0.3 is 10.2 Å². The largest absolute Gasteiger partial charge is 0.369 e. The molecule has 0 unspecified atom stereocenters. The maximum absolute atomic E-state index is 13.9. The van der Waals surface area contributed by atoms with Crippen molar-refractivity contribution in [3.05, 3.63) is 48.0 Å². The van der Waals surface area contributed by atoms with E-state index in [0.717, 1.165) is 63.0 Å². The number of nitrogens with one attached hydrogen (secondary N) is 1. The summed E-state index contributed by atoms with van der Waals surface area (Å²) in [6.45, 7) is 7.40. The van der Waals surface area contributed by atoms with Crippen molar-refractivity contribution >= 4 is 17.2 Å². The molecule has 3 heterocycles. The molecule has 0 amide bonds. The van der Waals surface area contributed by atoms with E-state index in [9.17, 15) is 4.39 Å². The van der Waals surface area contributed by atoms with E-state index >= 15 is 0 Å². The molecular formula is C19H24FN7. The van der Waals surface area contributed by atoms with Gasteiger partial charge in [-0.05, 0) is 44.2 Å². The number of rotatable bonds is 6. The Morgan fingerprint density at radius 3 is 2.67 bits per heavy atom. The summed E-state index contributed by atoms with van der Waals surface area (Å²) < 4.78 is 15.6. The third-order valence-electron chi connectivity index (χ3n) is 4.94. The molecule has 7 nitrogen and oxygen atoms in total. The average molecular weight is 369 g/mol. The second-order valence-corrected chi connectivity index (χ2v) is 6.80. The van der Waals surface area contributed by atoms with Crippen LogP contribution >= 0.6 is 0 Å². The molecule has 1 saturated heterocycles. The van der Waals surface area contributed by atoms with E-state index < -0.39 is 0 Å². The Labute approximate surface area is 157 Å². The first-order valence-electron chi connectivity index (χ1n) is 9.35. The van der Waals surface area contributed by atoms with E-state index in [1.807, 2.05) is 31.2 Å². The van der Waals surface area contributed by atoms with Gasteiger partial charge in [0.2, 0.25) is 0 Å². The van der Waals surface area contributed by atoms with Crippen LogP contribution in [0, 0.1) is 12.7 Å². The maximum atomic E-state index is 13.9. The van der Waals surface area contributed by atoms with Gasteiger partial charge in [-0.3, -0.25) is 4.90 Å². The van der Waals surface area contributed by atoms with Crippen molar-refractivity contribution in [1.29, 1.82) is 0 Å². The highest BCUT2D eigenvalue weighted by molar-refractivity contribution is 5.48. The Morgan fingerprint density at radius 2 is 1.85 bits per heavy atom. The number of aryl methyl sites for hydroxylation is 1. The number of benzene rings is 1. The highest BCUT2D eigenvalue weighted by atomic mass is 19.1. The molecule has 0 aliphatic carbocycles. The first kappa shape index (κ1) is 17.7. The summed E-state index contributed by atoms with van der Waals surface area (Å²) in [6.07, 6.45) is 1.03. The van der Waals surface area contributed by atoms with Gasteiger partial charge in [0, 0.05) is 32.7 Å². The van der Waals surface area contributed by atoms with E-state index in [0.29, 0.717) is 5.69 Å². The van der Waals surface area contributed by atoms with Crippen molar-refractivity contribution in [3.8, 4) is 0 Å². The van der Waals surface area contributed by atoms with E-state index in [1.54, 1.807) is 10.6 Å². The first-order valence-corrected chi connectivity index (χ1v) is 9.35. The highest BCUT2D eigenvalue weighted by Gasteiger charge is 2.18. The number of aromatic nitrogens is 4. The lowest BCUT2D eigenvalue weighted by Crippen LogP contribution is -2.47. The Morgan fingerprint density at radius 1 is 1.04 bits per heavy atom. The number of para-hydroxylation sites is 1. The molecule has 0 spiro atoms. The minimum atomic E-state index is -0.136. The molecule has 3 aromatic rings. The van der Waals surface area contributed by atoms with Crippen LogP contribution in [0.1, 0.15) is 12.2 Å². The van der Waals surface area contributed by atoms with Crippen LogP contribution in [0.3, 0.4) is 0 Å². The minimum absolute atomic E-state index is 0.136. The van der Waals surface area contributed by atoms with Crippen molar-refractivity contribution in [2.24, 2.45) is 0 Å². The molecule has 2 aromatic heterocycles. The van der Waals surface area contributed by atoms with Crippen molar-refractivity contribution in [1.82, 2.24) is 24.7 Å². The Bertz CT molecular complexity index is 902. The van der Waals surface area contributed by atoms with Crippen molar-refractivity contribution in [3.63, 3.8) is 0 Å². The summed E-state index contributed by atoms with van der Waals surface area (Å²) in [7, 11) is 0. The standard InChI is InChI=1S/C19H24FN7/c1-15-22-23-19-8-7-18(24-27(15)19)21-9-4-10-25-11-13-26(14-12-25)17-6-3-2-5-16(17)20/h2-3,5-8H,4,9-14H2,1H3,(H,21,24). The van der Waals surface area contributed by atoms with Crippen LogP contribution in [0.2, 0.25) is 0 Å². The van der Waals surface area contributed by atoms with Crippen LogP contribution in [-0.4, -0.2) is 64.0 Å². The third-order valence-corrected chi connectivity index (χ3v) is 4.94. The van der Waals surface area contributed by atoms with Gasteiger partial charge in [-0.2, -0.15) is 4.52 Å². The Balaban J connectivity index is 1.21. The smallest absolute Gasteiger partial charge is 0.178 e. The van der Waals surface area contributed by atoms with E-state index in [2.05, 4.69) is 30.4 Å². The van der Waals surface area contributed by atoms with E-state index in [4.69, 9.17) is 0 Å². The summed E-state index contributed by atoms with van der Waals surface area (Å²) in [5, 5.41) is 15.9. The quantitative estimate of drug-likeness (QED) is 0.672. The fourth-order valence-corrected chi connectivity index (χ4v) is 3.43. The van der Waals surface area contributed by atoms with Crippen LogP contribution < -0.4 is 10.2 Å². The number of anilines is 2. The monoisotopic (exact) mass is 369 g/mol. The SMILES string of the molecule is Cc1nnc2ccc(NCCCN3CCN(c4ccccc4F)CC3)nn12. The number of nitrogens with zero attached hydrogens (tertiary/aromatic N) is 6. The molecule has 0 atom stereocenters. The molecule has 27 heavy (non-hydrogen) atoms. The summed E-state index contributed by atoms with van der Waals surface area (Å²) in [5.41, 5.74) is 1.47. The molecule has 8 heteroatoms. The first-order chi connectivity index (χ1) is 13.2. The number of hydrogen-bond acceptors (Lipinski definition) is 6. The summed E-state index contributed by atoms with van der Waals surface area (Å²) in [6, 6.07) is 10.9. The predicted molar refractivity (Wildman–Crippen MR) is 104 cm³/mol. The predicted octanol–water partition coefficient (Wildman–Crippen LogP) is 2.20. The molecule has 1 aromatic carbocycles. The fourth-order valence-electron chi connectivity index (χ4n) is 3.43. The fraction of sp³-hybridized carbons (Fsp3) is 0.421. The van der Waals surface area contributed by atoms with Crippen LogP contribution in [0.4, 0.5) is 15.9 Å². The lowest BCUT2D eigenvalue weighted by Gasteiger charge is -2.36. The Hall–Kier alpha value is -2.74. The summed E-state index contributed by atoms with van der Waals surface area (Å²) in [4.78, 5) is 4.56. The van der Waals surface area contributed by atoms with Crippen molar-refractivity contribution < 1.29 is 4.39 Å². The van der Waals surface area contributed by atoms with Gasteiger partial charge in [-0.1, -0.05) is 12.1 Å². The molecule has 1 aliphatic heterocycles. The lowest BCUT2D eigenvalue weighted by molar-refractivity contribution is 0.256. The van der Waals surface area contributed by atoms with Gasteiger partial charge in [0.25, 0.3) is 0 Å². The zero-order valence-electron chi connectivity index (χ0n) is 15.5. The number of piperazine rings is 1. The summed E-state index contributed by atoms with van der Waals surface area (Å²) in [5.74, 6) is 1.47. The van der Waals surface area contributed by atoms with Crippen LogP contribution in [-0.2, 0) is 0 Å². The Kier molecular flexibility index (Phi) is 5.15. The van der Waals surface area contributed by atoms with Crippen LogP contribution in [0.25, 0.3) is 5.65 Å². The van der Waals surface area contributed by atoms with Gasteiger partial charge >= 0.3 is 0 Å². The molecule has 4 rings (SSSR count). The van der Waals surface area contributed by atoms with Crippen molar-refractivity contribution in [2.45, 2.75) is 13.3 Å². The topological polar surface area (TPSA) is 61.6 Å². The van der Waals surface area contributed by atoms with Gasteiger partial charge in [0.05, 0.1) is 5.69 Å². The molecule has 0 saturated carbocycles. The molecule has 1 N–H and O–H groups in total. The second kappa shape index (κ2) is 7.87. The average Bonchev–Trinajstić information content (AvgIpc) is 3.07. The third kappa shape index (κ3) is 4.00. The van der Waals surface area contributed by atoms with Gasteiger partial charge in [0.15, 0.2) is 11.5 Å². The van der Waals surface area contributed by atoms with E-state index in [1.165, 1.54) is 6.07 Å². The number of hydrogen-bond donors (Lipinski definition) is 1. The normalized spacial score (nSPS) is 15.4. The highest BCUT2D eigenvalue weighted by Crippen LogP contribution is 2.20. The van der Waals surface area contributed by atoms with Crippen LogP contribution in [0.15, 0.2) is 36.4 Å². The molecule has 0 radical (unpaired) electrons. The summed E-state index contributed by atoms with van der Waals surface area (Å²) >= 11 is 0. The van der Waals surface area contributed by atoms with Gasteiger partial charge in [-0.15, -0.1) is 15.3 Å². The molecular weight excluding hydrogens is 345 g/mol. The second-order valence-electron chi connectivity index (χ2n) is 6.80. The maximum Gasteiger partial charge on any atom is 0.178 e. The molecule has 1 fully saturated rings. The van der Waals surface area contributed by atoms with Crippen molar-refractivity contribution in [2.75, 3.05) is 49.5 Å². The van der Waals surface area contributed by atoms with Gasteiger partial charge in [0.1, 0.15) is 11.6 Å². The van der Waals surface area contributed by atoms with E-state index in [-0.39, 0.29) is 5.82 Å². The zero-order valence-corrected chi connectivity index (χ0v) is 15.5. The van der Waals surface area contributed by atoms with Gasteiger partial charge in [-0.25, -0.2) is 4.39 Å². The lowest BCUT2D eigenvalue weighted by atomic mass is 10.2. The molecule has 1 aliphatic rings. The zero-order chi connectivity index (χ0) is 18.6. The van der Waals surface area contributed by atoms with Crippen LogP contribution in [0.5, 0.6) is 0 Å². The molecule has 142 valence electrons. The number of halogens is 1. The minimum Gasteiger partial charge on any atom is -0.369 e. The molecule has 0 bridgehead atoms.